The molecule has 178 valence electrons. The fourth-order valence-electron chi connectivity index (χ4n) is 4.68. The van der Waals surface area contributed by atoms with Crippen molar-refractivity contribution in [2.24, 2.45) is 11.8 Å². The van der Waals surface area contributed by atoms with Crippen molar-refractivity contribution in [2.75, 3.05) is 26.3 Å². The Morgan fingerprint density at radius 3 is 2.68 bits per heavy atom. The van der Waals surface area contributed by atoms with E-state index in [1.54, 1.807) is 21.6 Å². The lowest BCUT2D eigenvalue weighted by Crippen LogP contribution is -2.59. The number of imidazole rings is 1. The quantitative estimate of drug-likeness (QED) is 0.506. The van der Waals surface area contributed by atoms with Gasteiger partial charge < -0.3 is 19.1 Å². The normalized spacial score (nSPS) is 25.3. The van der Waals surface area contributed by atoms with Gasteiger partial charge in [-0.05, 0) is 38.0 Å². The van der Waals surface area contributed by atoms with Gasteiger partial charge in [-0.3, -0.25) is 4.57 Å². The van der Waals surface area contributed by atoms with Gasteiger partial charge in [0, 0.05) is 29.4 Å². The van der Waals surface area contributed by atoms with E-state index in [0.29, 0.717) is 53.5 Å². The third-order valence-corrected chi connectivity index (χ3v) is 7.26. The first-order valence-electron chi connectivity index (χ1n) is 11.3. The topological polar surface area (TPSA) is 91.6 Å². The van der Waals surface area contributed by atoms with Crippen LogP contribution in [0.2, 0.25) is 0 Å². The predicted molar refractivity (Wildman–Crippen MR) is 122 cm³/mol. The standard InChI is InChI=1S/C23H23BrFN5O4/c1-23(4-5-23)34-22(31)29-7-13-9-32-10-14(8-29)19(13)33-21-18-20(26-11-27-21)30(12-28-18)17-3-2-15(24)6-16(17)25/h2-3,6,11-14,19H,4-5,7-10H2,1H3. The van der Waals surface area contributed by atoms with Crippen molar-refractivity contribution in [3.63, 3.8) is 0 Å². The van der Waals surface area contributed by atoms with Crippen LogP contribution < -0.4 is 4.74 Å². The smallest absolute Gasteiger partial charge is 0.410 e. The monoisotopic (exact) mass is 531 g/mol. The molecule has 2 bridgehead atoms. The molecule has 2 atom stereocenters. The van der Waals surface area contributed by atoms with Gasteiger partial charge in [0.2, 0.25) is 5.88 Å². The molecule has 11 heteroatoms. The largest absolute Gasteiger partial charge is 0.472 e. The average Bonchev–Trinajstić information content (AvgIpc) is 3.35. The lowest BCUT2D eigenvalue weighted by atomic mass is 9.84. The number of hydrogen-bond acceptors (Lipinski definition) is 7. The number of nitrogens with zero attached hydrogens (tertiary/aromatic N) is 5. The van der Waals surface area contributed by atoms with Crippen LogP contribution in [0.3, 0.4) is 0 Å². The Labute approximate surface area is 203 Å². The van der Waals surface area contributed by atoms with Crippen molar-refractivity contribution in [2.45, 2.75) is 31.5 Å². The van der Waals surface area contributed by atoms with Crippen LogP contribution in [0, 0.1) is 17.7 Å². The van der Waals surface area contributed by atoms with E-state index in [1.807, 2.05) is 6.92 Å². The van der Waals surface area contributed by atoms with Gasteiger partial charge in [0.05, 0.1) is 18.9 Å². The Balaban J connectivity index is 1.25. The maximum atomic E-state index is 14.6. The van der Waals surface area contributed by atoms with Crippen LogP contribution in [0.1, 0.15) is 19.8 Å². The minimum absolute atomic E-state index is 0.0249. The molecule has 4 heterocycles. The zero-order valence-electron chi connectivity index (χ0n) is 18.5. The summed E-state index contributed by atoms with van der Waals surface area (Å²) >= 11 is 3.28. The molecule has 34 heavy (non-hydrogen) atoms. The molecule has 2 aliphatic heterocycles. The van der Waals surface area contributed by atoms with Gasteiger partial charge in [-0.2, -0.15) is 4.98 Å². The van der Waals surface area contributed by atoms with Crippen LogP contribution in [0.25, 0.3) is 16.9 Å². The van der Waals surface area contributed by atoms with Crippen LogP contribution in [-0.2, 0) is 9.47 Å². The van der Waals surface area contributed by atoms with E-state index in [0.717, 1.165) is 12.8 Å². The van der Waals surface area contributed by atoms with Crippen molar-refractivity contribution in [3.8, 4) is 11.6 Å². The molecule has 3 aliphatic rings. The Bertz CT molecular complexity index is 1250. The highest BCUT2D eigenvalue weighted by atomic mass is 79.9. The molecule has 1 saturated carbocycles. The van der Waals surface area contributed by atoms with Crippen LogP contribution in [0.4, 0.5) is 9.18 Å². The Morgan fingerprint density at radius 2 is 1.97 bits per heavy atom. The Kier molecular flexibility index (Phi) is 5.21. The number of piperidine rings is 1. The zero-order valence-corrected chi connectivity index (χ0v) is 20.1. The molecular formula is C23H23BrFN5O4. The molecule has 2 saturated heterocycles. The number of aromatic nitrogens is 4. The number of amides is 1. The number of fused-ring (bicyclic) bond motifs is 3. The van der Waals surface area contributed by atoms with Gasteiger partial charge >= 0.3 is 6.09 Å². The van der Waals surface area contributed by atoms with E-state index in [4.69, 9.17) is 14.2 Å². The molecule has 2 unspecified atom stereocenters. The molecule has 3 fully saturated rings. The number of benzene rings is 1. The summed E-state index contributed by atoms with van der Waals surface area (Å²) in [4.78, 5) is 27.5. The van der Waals surface area contributed by atoms with Gasteiger partial charge in [0.15, 0.2) is 11.2 Å². The second-order valence-corrected chi connectivity index (χ2v) is 10.3. The molecular weight excluding hydrogens is 509 g/mol. The maximum Gasteiger partial charge on any atom is 0.410 e. The lowest BCUT2D eigenvalue weighted by Gasteiger charge is -2.45. The Morgan fingerprint density at radius 1 is 1.21 bits per heavy atom. The minimum atomic E-state index is -0.402. The van der Waals surface area contributed by atoms with Gasteiger partial charge in [0.1, 0.15) is 30.2 Å². The van der Waals surface area contributed by atoms with Crippen molar-refractivity contribution in [3.05, 3.63) is 41.1 Å². The zero-order chi connectivity index (χ0) is 23.4. The number of carbonyl (C=O) groups is 1. The molecule has 2 aromatic heterocycles. The number of ether oxygens (including phenoxy) is 3. The fraction of sp³-hybridized carbons (Fsp3) is 0.478. The molecule has 1 aromatic carbocycles. The van der Waals surface area contributed by atoms with Gasteiger partial charge in [0.25, 0.3) is 0 Å². The first-order chi connectivity index (χ1) is 16.4. The second-order valence-electron chi connectivity index (χ2n) is 9.42. The molecule has 0 N–H and O–H groups in total. The minimum Gasteiger partial charge on any atom is -0.472 e. The molecule has 9 nitrogen and oxygen atoms in total. The summed E-state index contributed by atoms with van der Waals surface area (Å²) in [7, 11) is 0. The van der Waals surface area contributed by atoms with Crippen LogP contribution in [0.5, 0.6) is 5.88 Å². The molecule has 3 aromatic rings. The summed E-state index contributed by atoms with van der Waals surface area (Å²) in [5.74, 6) is -0.114. The van der Waals surface area contributed by atoms with E-state index < -0.39 is 5.82 Å². The molecule has 0 radical (unpaired) electrons. The van der Waals surface area contributed by atoms with E-state index in [-0.39, 0.29) is 29.6 Å². The average molecular weight is 532 g/mol. The Hall–Kier alpha value is -2.79. The van der Waals surface area contributed by atoms with Crippen molar-refractivity contribution < 1.29 is 23.4 Å². The van der Waals surface area contributed by atoms with E-state index in [9.17, 15) is 9.18 Å². The third kappa shape index (κ3) is 3.90. The molecule has 6 rings (SSSR count). The summed E-state index contributed by atoms with van der Waals surface area (Å²) in [6.07, 6.45) is 4.27. The number of carbonyl (C=O) groups excluding carboxylic acids is 1. The van der Waals surface area contributed by atoms with E-state index >= 15 is 0 Å². The molecule has 1 amide bonds. The van der Waals surface area contributed by atoms with Crippen molar-refractivity contribution >= 4 is 33.2 Å². The van der Waals surface area contributed by atoms with Gasteiger partial charge in [-0.1, -0.05) is 15.9 Å². The highest BCUT2D eigenvalue weighted by Gasteiger charge is 2.47. The SMILES string of the molecule is CC1(OC(=O)N2CC3COCC(C2)C3Oc2ncnc3c2ncn3-c2ccc(Br)cc2F)CC1. The molecule has 1 aliphatic carbocycles. The highest BCUT2D eigenvalue weighted by Crippen LogP contribution is 2.40. The summed E-state index contributed by atoms with van der Waals surface area (Å²) < 4.78 is 34.6. The first kappa shape index (κ1) is 21.7. The highest BCUT2D eigenvalue weighted by molar-refractivity contribution is 9.10. The van der Waals surface area contributed by atoms with E-state index in [1.165, 1.54) is 18.7 Å². The molecule has 0 spiro atoms. The number of rotatable bonds is 4. The number of hydrogen-bond donors (Lipinski definition) is 0. The van der Waals surface area contributed by atoms with Crippen molar-refractivity contribution in [1.29, 1.82) is 0 Å². The number of likely N-dealkylation sites (tertiary alicyclic amines) is 1. The summed E-state index contributed by atoms with van der Waals surface area (Å²) in [6, 6.07) is 4.80. The summed E-state index contributed by atoms with van der Waals surface area (Å²) in [5.41, 5.74) is 0.922. The van der Waals surface area contributed by atoms with Crippen LogP contribution in [-0.4, -0.2) is 68.5 Å². The van der Waals surface area contributed by atoms with Crippen LogP contribution >= 0.6 is 15.9 Å². The number of halogens is 2. The fourth-order valence-corrected chi connectivity index (χ4v) is 5.01. The predicted octanol–water partition coefficient (Wildman–Crippen LogP) is 3.73. The summed E-state index contributed by atoms with van der Waals surface area (Å²) in [5, 5.41) is 0. The maximum absolute atomic E-state index is 14.6. The third-order valence-electron chi connectivity index (χ3n) is 6.77. The van der Waals surface area contributed by atoms with Crippen molar-refractivity contribution in [1.82, 2.24) is 24.4 Å². The summed E-state index contributed by atoms with van der Waals surface area (Å²) in [6.45, 7) is 3.90. The van der Waals surface area contributed by atoms with Crippen LogP contribution in [0.15, 0.2) is 35.3 Å². The second kappa shape index (κ2) is 8.16. The van der Waals surface area contributed by atoms with Gasteiger partial charge in [-0.15, -0.1) is 0 Å². The van der Waals surface area contributed by atoms with Gasteiger partial charge in [-0.25, -0.2) is 19.2 Å². The van der Waals surface area contributed by atoms with E-state index in [2.05, 4.69) is 30.9 Å². The first-order valence-corrected chi connectivity index (χ1v) is 12.1. The lowest BCUT2D eigenvalue weighted by molar-refractivity contribution is -0.111.